The smallest absolute Gasteiger partial charge is 0.212 e. The van der Waals surface area contributed by atoms with Gasteiger partial charge in [0.15, 0.2) is 0 Å². The monoisotopic (exact) mass is 200 g/mol. The van der Waals surface area contributed by atoms with Crippen molar-refractivity contribution in [3.05, 3.63) is 14.2 Å². The first kappa shape index (κ1) is 8.45. The fourth-order valence-corrected chi connectivity index (χ4v) is 3.79. The first-order valence-corrected chi connectivity index (χ1v) is 6.19. The molecular weight excluding hydrogens is 186 g/mol. The maximum Gasteiger partial charge on any atom is 0.314 e. The van der Waals surface area contributed by atoms with Crippen LogP contribution >= 0.6 is 22.7 Å². The van der Waals surface area contributed by atoms with Crippen molar-refractivity contribution < 1.29 is 0 Å². The van der Waals surface area contributed by atoms with E-state index in [1.165, 1.54) is 41.2 Å². The molecule has 3 heteroatoms. The summed E-state index contributed by atoms with van der Waals surface area (Å²) in [6.45, 7) is 4.74. The molecule has 0 aromatic carbocycles. The first-order chi connectivity index (χ1) is 5.86. The number of nitrogens with zero attached hydrogens (tertiary/aromatic N) is 1. The maximum absolute atomic E-state index is 2.53. The Balaban J connectivity index is 2.34. The van der Waals surface area contributed by atoms with E-state index in [9.17, 15) is 0 Å². The zero-order chi connectivity index (χ0) is 8.39. The Labute approximate surface area is 81.0 Å². The molecule has 0 amide bonds. The van der Waals surface area contributed by atoms with Crippen LogP contribution in [0.25, 0.3) is 0 Å². The van der Waals surface area contributed by atoms with Gasteiger partial charge in [0, 0.05) is 23.1 Å². The SMILES string of the molecule is Cc1csc(=[N+]2CCCCC2)s1. The van der Waals surface area contributed by atoms with E-state index < -0.39 is 0 Å². The average molecular weight is 200 g/mol. The molecule has 12 heavy (non-hydrogen) atoms. The highest BCUT2D eigenvalue weighted by Crippen LogP contribution is 2.06. The molecule has 0 spiro atoms. The van der Waals surface area contributed by atoms with Gasteiger partial charge in [0.2, 0.25) is 0 Å². The Morgan fingerprint density at radius 2 is 2.00 bits per heavy atom. The Kier molecular flexibility index (Phi) is 2.61. The van der Waals surface area contributed by atoms with Gasteiger partial charge in [0.25, 0.3) is 0 Å². The number of hydrogen-bond donors (Lipinski definition) is 0. The number of aryl methyl sites for hydroxylation is 1. The lowest BCUT2D eigenvalue weighted by Gasteiger charge is -2.07. The maximum atomic E-state index is 2.53. The molecule has 1 aliphatic rings. The molecule has 2 heterocycles. The highest BCUT2D eigenvalue weighted by atomic mass is 32.2. The molecule has 0 unspecified atom stereocenters. The second-order valence-corrected chi connectivity index (χ2v) is 5.61. The lowest BCUT2D eigenvalue weighted by atomic mass is 10.2. The topological polar surface area (TPSA) is 3.01 Å². The molecule has 0 saturated carbocycles. The van der Waals surface area contributed by atoms with Gasteiger partial charge >= 0.3 is 3.98 Å². The van der Waals surface area contributed by atoms with Gasteiger partial charge in [0.05, 0.1) is 0 Å². The van der Waals surface area contributed by atoms with E-state index in [1.54, 1.807) is 0 Å². The van der Waals surface area contributed by atoms with Crippen molar-refractivity contribution in [1.29, 1.82) is 0 Å². The van der Waals surface area contributed by atoms with E-state index in [1.807, 2.05) is 22.7 Å². The van der Waals surface area contributed by atoms with Crippen LogP contribution in [0.1, 0.15) is 24.1 Å². The lowest BCUT2D eigenvalue weighted by Crippen LogP contribution is -2.31. The second kappa shape index (κ2) is 3.71. The van der Waals surface area contributed by atoms with Crippen LogP contribution in [-0.2, 0) is 0 Å². The summed E-state index contributed by atoms with van der Waals surface area (Å²) in [6.07, 6.45) is 4.18. The molecule has 1 aliphatic heterocycles. The zero-order valence-corrected chi connectivity index (χ0v) is 9.01. The molecule has 1 nitrogen and oxygen atoms in total. The van der Waals surface area contributed by atoms with Crippen molar-refractivity contribution >= 4 is 22.7 Å². The molecular formula is C9H14NS2+. The van der Waals surface area contributed by atoms with Crippen molar-refractivity contribution in [2.45, 2.75) is 26.2 Å². The predicted molar refractivity (Wildman–Crippen MR) is 55.8 cm³/mol. The molecule has 0 bridgehead atoms. The van der Waals surface area contributed by atoms with Crippen LogP contribution in [0, 0.1) is 6.92 Å². The first-order valence-electron chi connectivity index (χ1n) is 4.49. The summed E-state index contributed by atoms with van der Waals surface area (Å²) < 4.78 is 4.04. The molecule has 0 N–H and O–H groups in total. The normalized spacial score (nSPS) is 18.2. The number of rotatable bonds is 0. The second-order valence-electron chi connectivity index (χ2n) is 3.26. The minimum atomic E-state index is 1.27. The highest BCUT2D eigenvalue weighted by Gasteiger charge is 2.12. The quantitative estimate of drug-likeness (QED) is 0.564. The van der Waals surface area contributed by atoms with E-state index in [2.05, 4.69) is 16.9 Å². The third-order valence-corrected chi connectivity index (χ3v) is 4.68. The highest BCUT2D eigenvalue weighted by molar-refractivity contribution is 7.26. The van der Waals surface area contributed by atoms with Crippen LogP contribution in [0.15, 0.2) is 5.38 Å². The van der Waals surface area contributed by atoms with Crippen molar-refractivity contribution in [2.24, 2.45) is 0 Å². The summed E-state index contributed by atoms with van der Waals surface area (Å²) in [5.41, 5.74) is 0. The van der Waals surface area contributed by atoms with Gasteiger partial charge in [-0.25, -0.2) is 4.58 Å². The van der Waals surface area contributed by atoms with Crippen LogP contribution in [0.3, 0.4) is 0 Å². The largest absolute Gasteiger partial charge is 0.314 e. The molecule has 0 aliphatic carbocycles. The molecule has 1 aromatic heterocycles. The van der Waals surface area contributed by atoms with Gasteiger partial charge in [-0.1, -0.05) is 22.7 Å². The Bertz CT molecular complexity index is 313. The van der Waals surface area contributed by atoms with Gasteiger partial charge in [-0.2, -0.15) is 0 Å². The van der Waals surface area contributed by atoms with E-state index in [0.29, 0.717) is 0 Å². The summed E-state index contributed by atoms with van der Waals surface area (Å²) in [5.74, 6) is 0. The number of piperidine rings is 1. The van der Waals surface area contributed by atoms with E-state index in [0.717, 1.165) is 0 Å². The van der Waals surface area contributed by atoms with Crippen molar-refractivity contribution in [3.8, 4) is 0 Å². The number of hydrogen-bond acceptors (Lipinski definition) is 2. The van der Waals surface area contributed by atoms with Crippen LogP contribution < -0.4 is 8.56 Å². The molecule has 66 valence electrons. The fraction of sp³-hybridized carbons (Fsp3) is 0.667. The molecule has 1 aromatic rings. The van der Waals surface area contributed by atoms with Crippen LogP contribution in [0.5, 0.6) is 0 Å². The standard InChI is InChI=1S/C9H14NS2/c1-8-7-11-9(12-8)10-5-3-2-4-6-10/h7H,2-6H2,1H3/q+1. The lowest BCUT2D eigenvalue weighted by molar-refractivity contribution is 0.459. The minimum absolute atomic E-state index is 1.27. The summed E-state index contributed by atoms with van der Waals surface area (Å²) in [5, 5.41) is 2.26. The molecule has 0 radical (unpaired) electrons. The summed E-state index contributed by atoms with van der Waals surface area (Å²) in [4.78, 5) is 1.44. The van der Waals surface area contributed by atoms with E-state index >= 15 is 0 Å². The van der Waals surface area contributed by atoms with E-state index in [4.69, 9.17) is 0 Å². The fourth-order valence-electron chi connectivity index (χ4n) is 1.53. The summed E-state index contributed by atoms with van der Waals surface area (Å²) in [7, 11) is 0. The Morgan fingerprint density at radius 3 is 2.58 bits per heavy atom. The van der Waals surface area contributed by atoms with Gasteiger partial charge in [-0.05, 0) is 13.3 Å². The van der Waals surface area contributed by atoms with Crippen molar-refractivity contribution in [3.63, 3.8) is 0 Å². The van der Waals surface area contributed by atoms with Crippen LogP contribution in [0.2, 0.25) is 0 Å². The zero-order valence-electron chi connectivity index (χ0n) is 7.38. The minimum Gasteiger partial charge on any atom is -0.212 e. The average Bonchev–Trinajstić information content (AvgIpc) is 2.54. The Morgan fingerprint density at radius 1 is 1.25 bits per heavy atom. The molecule has 0 atom stereocenters. The summed E-state index contributed by atoms with van der Waals surface area (Å²) >= 11 is 3.84. The van der Waals surface area contributed by atoms with Crippen LogP contribution in [0.4, 0.5) is 0 Å². The predicted octanol–water partition coefficient (Wildman–Crippen LogP) is 2.07. The van der Waals surface area contributed by atoms with Gasteiger partial charge in [-0.3, -0.25) is 0 Å². The van der Waals surface area contributed by atoms with Crippen molar-refractivity contribution in [2.75, 3.05) is 13.1 Å². The van der Waals surface area contributed by atoms with E-state index in [-0.39, 0.29) is 0 Å². The molecule has 1 saturated heterocycles. The van der Waals surface area contributed by atoms with Gasteiger partial charge in [-0.15, -0.1) is 0 Å². The molecule has 2 rings (SSSR count). The van der Waals surface area contributed by atoms with Crippen LogP contribution in [-0.4, -0.2) is 13.1 Å². The third-order valence-electron chi connectivity index (χ3n) is 2.19. The van der Waals surface area contributed by atoms with Crippen molar-refractivity contribution in [1.82, 2.24) is 4.58 Å². The summed E-state index contributed by atoms with van der Waals surface area (Å²) in [6, 6.07) is 0. The van der Waals surface area contributed by atoms with Gasteiger partial charge in [0.1, 0.15) is 13.1 Å². The molecule has 1 fully saturated rings. The third kappa shape index (κ3) is 1.77. The Hall–Kier alpha value is -0.150. The van der Waals surface area contributed by atoms with Gasteiger partial charge < -0.3 is 0 Å².